The number of phenolic OH excluding ortho intramolecular Hbond substituents is 2. The van der Waals surface area contributed by atoms with Crippen molar-refractivity contribution in [2.24, 2.45) is 0 Å². The molecule has 2 N–H and O–H groups in total. The molecule has 3 rings (SSSR count). The van der Waals surface area contributed by atoms with Gasteiger partial charge >= 0.3 is 0 Å². The molecule has 0 radical (unpaired) electrons. The molecule has 0 saturated carbocycles. The number of aryl methyl sites for hydroxylation is 1. The second-order valence-corrected chi connectivity index (χ2v) is 8.23. The predicted octanol–water partition coefficient (Wildman–Crippen LogP) is 6.05. The van der Waals surface area contributed by atoms with Crippen LogP contribution in [0.25, 0.3) is 5.57 Å². The second kappa shape index (κ2) is 6.59. The molecule has 0 heterocycles. The third-order valence-corrected chi connectivity index (χ3v) is 5.25. The Balaban J connectivity index is 1.86. The summed E-state index contributed by atoms with van der Waals surface area (Å²) in [5.74, 6) is 1.27. The first kappa shape index (κ1) is 17.6. The molecule has 1 aliphatic carbocycles. The quantitative estimate of drug-likeness (QED) is 0.700. The lowest BCUT2D eigenvalue weighted by Gasteiger charge is -2.26. The number of aromatic hydroxyl groups is 2. The lowest BCUT2D eigenvalue weighted by atomic mass is 9.79. The summed E-state index contributed by atoms with van der Waals surface area (Å²) >= 11 is 0. The number of hydrogen-bond acceptors (Lipinski definition) is 2. The third kappa shape index (κ3) is 3.73. The molecule has 0 fully saturated rings. The van der Waals surface area contributed by atoms with Gasteiger partial charge in [0.15, 0.2) is 0 Å². The van der Waals surface area contributed by atoms with Crippen molar-refractivity contribution in [2.45, 2.75) is 58.3 Å². The normalized spacial score (nSPS) is 18.1. The van der Waals surface area contributed by atoms with E-state index in [1.807, 2.05) is 19.1 Å². The van der Waals surface area contributed by atoms with Gasteiger partial charge in [0.05, 0.1) is 0 Å². The van der Waals surface area contributed by atoms with Gasteiger partial charge < -0.3 is 10.2 Å². The van der Waals surface area contributed by atoms with Crippen LogP contribution in [-0.2, 0) is 5.41 Å². The molecule has 25 heavy (non-hydrogen) atoms. The summed E-state index contributed by atoms with van der Waals surface area (Å²) in [4.78, 5) is 0. The van der Waals surface area contributed by atoms with E-state index < -0.39 is 0 Å². The first-order chi connectivity index (χ1) is 11.8. The molecule has 1 atom stereocenters. The summed E-state index contributed by atoms with van der Waals surface area (Å²) in [6, 6.07) is 11.9. The summed E-state index contributed by atoms with van der Waals surface area (Å²) in [7, 11) is 0. The van der Waals surface area contributed by atoms with E-state index in [-0.39, 0.29) is 5.41 Å². The van der Waals surface area contributed by atoms with E-state index in [1.54, 1.807) is 12.1 Å². The Morgan fingerprint density at radius 3 is 2.24 bits per heavy atom. The van der Waals surface area contributed by atoms with Crippen molar-refractivity contribution >= 4 is 5.57 Å². The van der Waals surface area contributed by atoms with E-state index >= 15 is 0 Å². The van der Waals surface area contributed by atoms with Crippen molar-refractivity contribution < 1.29 is 10.2 Å². The van der Waals surface area contributed by atoms with Crippen LogP contribution in [-0.4, -0.2) is 10.2 Å². The highest BCUT2D eigenvalue weighted by atomic mass is 16.3. The van der Waals surface area contributed by atoms with Crippen molar-refractivity contribution in [2.75, 3.05) is 0 Å². The fourth-order valence-corrected chi connectivity index (χ4v) is 3.68. The van der Waals surface area contributed by atoms with Gasteiger partial charge in [-0.1, -0.05) is 39.0 Å². The van der Waals surface area contributed by atoms with Crippen LogP contribution in [0.5, 0.6) is 11.5 Å². The zero-order chi connectivity index (χ0) is 18.2. The maximum absolute atomic E-state index is 10.4. The van der Waals surface area contributed by atoms with Crippen LogP contribution in [0, 0.1) is 6.92 Å². The summed E-state index contributed by atoms with van der Waals surface area (Å²) in [5.41, 5.74) is 5.81. The monoisotopic (exact) mass is 336 g/mol. The molecule has 0 bridgehead atoms. The highest BCUT2D eigenvalue weighted by Crippen LogP contribution is 2.40. The Kier molecular flexibility index (Phi) is 4.64. The van der Waals surface area contributed by atoms with Crippen molar-refractivity contribution in [3.8, 4) is 11.5 Å². The Labute approximate surface area is 150 Å². The Hall–Kier alpha value is -2.22. The van der Waals surface area contributed by atoms with Gasteiger partial charge in [-0.05, 0) is 84.0 Å². The Morgan fingerprint density at radius 2 is 1.68 bits per heavy atom. The molecule has 0 aromatic heterocycles. The molecule has 2 aromatic rings. The number of allylic oxidation sites excluding steroid dienone is 2. The van der Waals surface area contributed by atoms with Crippen molar-refractivity contribution in [3.05, 3.63) is 64.7 Å². The average Bonchev–Trinajstić information content (AvgIpc) is 2.57. The van der Waals surface area contributed by atoms with Crippen molar-refractivity contribution in [1.82, 2.24) is 0 Å². The minimum atomic E-state index is -0.0747. The molecular formula is C23H28O2. The fraction of sp³-hybridized carbons (Fsp3) is 0.391. The molecule has 2 aromatic carbocycles. The predicted molar refractivity (Wildman–Crippen MR) is 104 cm³/mol. The molecule has 132 valence electrons. The summed E-state index contributed by atoms with van der Waals surface area (Å²) in [6.45, 7) is 8.40. The molecule has 2 nitrogen and oxygen atoms in total. The largest absolute Gasteiger partial charge is 0.508 e. The van der Waals surface area contributed by atoms with E-state index in [4.69, 9.17) is 0 Å². The topological polar surface area (TPSA) is 40.5 Å². The van der Waals surface area contributed by atoms with E-state index in [0.29, 0.717) is 17.4 Å². The van der Waals surface area contributed by atoms with E-state index in [2.05, 4.69) is 39.0 Å². The lowest BCUT2D eigenvalue weighted by molar-refractivity contribution is 0.442. The summed E-state index contributed by atoms with van der Waals surface area (Å²) in [6.07, 6.45) is 5.52. The molecule has 0 amide bonds. The Bertz CT molecular complexity index is 792. The molecule has 0 saturated heterocycles. The summed E-state index contributed by atoms with van der Waals surface area (Å²) < 4.78 is 0. The summed E-state index contributed by atoms with van der Waals surface area (Å²) in [5, 5.41) is 19.9. The van der Waals surface area contributed by atoms with E-state index in [9.17, 15) is 10.2 Å². The molecule has 0 aliphatic heterocycles. The molecular weight excluding hydrogens is 308 g/mol. The maximum Gasteiger partial charge on any atom is 0.122 e. The standard InChI is InChI=1S/C23H28O2/c1-15-13-19(14-21(22(15)25)23(2,3)4)18-7-5-16(6-8-18)17-9-11-20(24)12-10-17/h7,9-14,16,24-25H,5-6,8H2,1-4H3. The third-order valence-electron chi connectivity index (χ3n) is 5.25. The SMILES string of the molecule is Cc1cc(C2=CCC(c3ccc(O)cc3)CC2)cc(C(C)(C)C)c1O. The number of phenols is 2. The first-order valence-corrected chi connectivity index (χ1v) is 9.08. The van der Waals surface area contributed by atoms with Gasteiger partial charge in [0.25, 0.3) is 0 Å². The average molecular weight is 336 g/mol. The van der Waals surface area contributed by atoms with Crippen LogP contribution in [0.15, 0.2) is 42.5 Å². The second-order valence-electron chi connectivity index (χ2n) is 8.23. The minimum Gasteiger partial charge on any atom is -0.508 e. The maximum atomic E-state index is 10.4. The lowest BCUT2D eigenvalue weighted by Crippen LogP contribution is -2.13. The first-order valence-electron chi connectivity index (χ1n) is 9.08. The van der Waals surface area contributed by atoms with Crippen LogP contribution >= 0.6 is 0 Å². The van der Waals surface area contributed by atoms with Gasteiger partial charge in [0.2, 0.25) is 0 Å². The number of rotatable bonds is 2. The zero-order valence-corrected chi connectivity index (χ0v) is 15.6. The van der Waals surface area contributed by atoms with Crippen LogP contribution in [0.4, 0.5) is 0 Å². The van der Waals surface area contributed by atoms with Gasteiger partial charge in [-0.3, -0.25) is 0 Å². The number of hydrogen-bond donors (Lipinski definition) is 2. The van der Waals surface area contributed by atoms with Gasteiger partial charge in [-0.2, -0.15) is 0 Å². The highest BCUT2D eigenvalue weighted by Gasteiger charge is 2.22. The molecule has 0 spiro atoms. The van der Waals surface area contributed by atoms with Crippen molar-refractivity contribution in [1.29, 1.82) is 0 Å². The van der Waals surface area contributed by atoms with Gasteiger partial charge in [-0.25, -0.2) is 0 Å². The zero-order valence-electron chi connectivity index (χ0n) is 15.6. The van der Waals surface area contributed by atoms with Crippen molar-refractivity contribution in [3.63, 3.8) is 0 Å². The van der Waals surface area contributed by atoms with Crippen LogP contribution in [0.1, 0.15) is 68.2 Å². The highest BCUT2D eigenvalue weighted by molar-refractivity contribution is 5.69. The molecule has 1 unspecified atom stereocenters. The van der Waals surface area contributed by atoms with E-state index in [1.165, 1.54) is 16.7 Å². The van der Waals surface area contributed by atoms with Gasteiger partial charge in [-0.15, -0.1) is 0 Å². The smallest absolute Gasteiger partial charge is 0.122 e. The van der Waals surface area contributed by atoms with Gasteiger partial charge in [0, 0.05) is 5.56 Å². The van der Waals surface area contributed by atoms with E-state index in [0.717, 1.165) is 30.4 Å². The molecule has 1 aliphatic rings. The minimum absolute atomic E-state index is 0.0747. The van der Waals surface area contributed by atoms with Gasteiger partial charge in [0.1, 0.15) is 11.5 Å². The number of benzene rings is 2. The van der Waals surface area contributed by atoms with Crippen LogP contribution < -0.4 is 0 Å². The van der Waals surface area contributed by atoms with Crippen LogP contribution in [0.2, 0.25) is 0 Å². The van der Waals surface area contributed by atoms with Crippen LogP contribution in [0.3, 0.4) is 0 Å². The fourth-order valence-electron chi connectivity index (χ4n) is 3.68. The molecule has 2 heteroatoms. The Morgan fingerprint density at radius 1 is 1.00 bits per heavy atom.